The van der Waals surface area contributed by atoms with E-state index in [-0.39, 0.29) is 11.4 Å². The number of nitrogens with zero attached hydrogens (tertiary/aromatic N) is 1. The van der Waals surface area contributed by atoms with Crippen LogP contribution in [0.15, 0.2) is 10.6 Å². The van der Waals surface area contributed by atoms with Gasteiger partial charge in [-0.15, -0.1) is 0 Å². The summed E-state index contributed by atoms with van der Waals surface area (Å²) in [5, 5.41) is 10.9. The molecule has 1 amide bonds. The van der Waals surface area contributed by atoms with E-state index in [4.69, 9.17) is 9.26 Å². The van der Waals surface area contributed by atoms with Gasteiger partial charge in [-0.1, -0.05) is 12.1 Å². The van der Waals surface area contributed by atoms with E-state index in [1.807, 2.05) is 6.07 Å². The van der Waals surface area contributed by atoms with Crippen LogP contribution in [0.5, 0.6) is 0 Å². The Morgan fingerprint density at radius 3 is 2.84 bits per heavy atom. The molecule has 140 valence electrons. The Bertz CT molecular complexity index is 584. The van der Waals surface area contributed by atoms with Crippen LogP contribution in [0.3, 0.4) is 0 Å². The fraction of sp³-hybridized carbons (Fsp3) is 0.789. The van der Waals surface area contributed by atoms with Crippen LogP contribution < -0.4 is 10.6 Å². The highest BCUT2D eigenvalue weighted by molar-refractivity contribution is 5.83. The van der Waals surface area contributed by atoms with Gasteiger partial charge in [-0.05, 0) is 52.6 Å². The summed E-state index contributed by atoms with van der Waals surface area (Å²) >= 11 is 0. The zero-order valence-electron chi connectivity index (χ0n) is 15.7. The number of hydrogen-bond donors (Lipinski definition) is 2. The first-order chi connectivity index (χ1) is 11.9. The van der Waals surface area contributed by atoms with Crippen molar-refractivity contribution < 1.29 is 14.1 Å². The van der Waals surface area contributed by atoms with Crippen molar-refractivity contribution in [3.63, 3.8) is 0 Å². The van der Waals surface area contributed by atoms with Gasteiger partial charge in [0.25, 0.3) is 0 Å². The molecule has 2 aliphatic heterocycles. The molecule has 0 saturated carbocycles. The average Bonchev–Trinajstić information content (AvgIpc) is 3.26. The van der Waals surface area contributed by atoms with Crippen molar-refractivity contribution in [3.8, 4) is 0 Å². The van der Waals surface area contributed by atoms with Crippen molar-refractivity contribution in [1.82, 2.24) is 15.8 Å². The van der Waals surface area contributed by atoms with E-state index in [1.54, 1.807) is 0 Å². The zero-order chi connectivity index (χ0) is 17.9. The van der Waals surface area contributed by atoms with Crippen molar-refractivity contribution in [1.29, 1.82) is 0 Å². The van der Waals surface area contributed by atoms with E-state index in [0.717, 1.165) is 56.8 Å². The third kappa shape index (κ3) is 4.23. The lowest BCUT2D eigenvalue weighted by atomic mass is 9.74. The van der Waals surface area contributed by atoms with Crippen LogP contribution >= 0.6 is 0 Å². The van der Waals surface area contributed by atoms with Crippen molar-refractivity contribution >= 4 is 5.91 Å². The molecule has 0 radical (unpaired) electrons. The molecule has 1 unspecified atom stereocenters. The lowest BCUT2D eigenvalue weighted by Crippen LogP contribution is -2.54. The fourth-order valence-electron chi connectivity index (χ4n) is 3.62. The minimum Gasteiger partial charge on any atom is -0.381 e. The van der Waals surface area contributed by atoms with Gasteiger partial charge in [-0.3, -0.25) is 4.79 Å². The first-order valence-corrected chi connectivity index (χ1v) is 9.51. The molecule has 1 atom stereocenters. The van der Waals surface area contributed by atoms with Gasteiger partial charge >= 0.3 is 0 Å². The third-order valence-electron chi connectivity index (χ3n) is 5.82. The topological polar surface area (TPSA) is 76.4 Å². The van der Waals surface area contributed by atoms with Gasteiger partial charge in [0.05, 0.1) is 17.7 Å². The van der Waals surface area contributed by atoms with Gasteiger partial charge < -0.3 is 19.9 Å². The second-order valence-electron chi connectivity index (χ2n) is 8.18. The SMILES string of the molecule is CCC(C)(C)NC(=O)C1(Cc2cc(C3CCOC3)no2)CCNCC1. The van der Waals surface area contributed by atoms with E-state index >= 15 is 0 Å². The van der Waals surface area contributed by atoms with E-state index in [0.29, 0.717) is 18.9 Å². The van der Waals surface area contributed by atoms with Gasteiger partial charge in [0.1, 0.15) is 5.76 Å². The highest BCUT2D eigenvalue weighted by Crippen LogP contribution is 2.35. The lowest BCUT2D eigenvalue weighted by molar-refractivity contribution is -0.134. The molecule has 0 aromatic carbocycles. The molecule has 1 aromatic heterocycles. The normalized spacial score (nSPS) is 23.6. The van der Waals surface area contributed by atoms with Crippen molar-refractivity contribution in [2.24, 2.45) is 5.41 Å². The Labute approximate surface area is 150 Å². The molecule has 3 heterocycles. The molecule has 0 spiro atoms. The summed E-state index contributed by atoms with van der Waals surface area (Å²) in [6.45, 7) is 9.47. The summed E-state index contributed by atoms with van der Waals surface area (Å²) in [6, 6.07) is 2.03. The maximum Gasteiger partial charge on any atom is 0.227 e. The Morgan fingerprint density at radius 2 is 2.20 bits per heavy atom. The number of hydrogen-bond acceptors (Lipinski definition) is 5. The molecule has 2 fully saturated rings. The monoisotopic (exact) mass is 349 g/mol. The number of carbonyl (C=O) groups is 1. The maximum absolute atomic E-state index is 13.1. The van der Waals surface area contributed by atoms with Crippen LogP contribution in [0.4, 0.5) is 0 Å². The molecule has 0 aliphatic carbocycles. The summed E-state index contributed by atoms with van der Waals surface area (Å²) in [6.07, 6.45) is 4.15. The number of ether oxygens (including phenoxy) is 1. The molecule has 6 nitrogen and oxygen atoms in total. The molecular formula is C19H31N3O3. The summed E-state index contributed by atoms with van der Waals surface area (Å²) in [4.78, 5) is 13.1. The Hall–Kier alpha value is -1.40. The molecule has 0 bridgehead atoms. The number of nitrogens with one attached hydrogen (secondary N) is 2. The Balaban J connectivity index is 1.75. The smallest absolute Gasteiger partial charge is 0.227 e. The van der Waals surface area contributed by atoms with Crippen LogP contribution in [-0.4, -0.2) is 42.9 Å². The molecule has 6 heteroatoms. The minimum absolute atomic E-state index is 0.142. The van der Waals surface area contributed by atoms with E-state index in [9.17, 15) is 4.79 Å². The lowest BCUT2D eigenvalue weighted by Gasteiger charge is -2.38. The molecule has 25 heavy (non-hydrogen) atoms. The summed E-state index contributed by atoms with van der Waals surface area (Å²) in [5.74, 6) is 1.28. The van der Waals surface area contributed by atoms with E-state index in [1.165, 1.54) is 0 Å². The Kier molecular flexibility index (Phi) is 5.49. The summed E-state index contributed by atoms with van der Waals surface area (Å²) in [5.41, 5.74) is 0.356. The number of carbonyl (C=O) groups excluding carboxylic acids is 1. The van der Waals surface area contributed by atoms with Crippen molar-refractivity contribution in [2.75, 3.05) is 26.3 Å². The van der Waals surface area contributed by atoms with Gasteiger partial charge in [0.2, 0.25) is 5.91 Å². The quantitative estimate of drug-likeness (QED) is 0.825. The number of rotatable bonds is 6. The summed E-state index contributed by atoms with van der Waals surface area (Å²) in [7, 11) is 0. The van der Waals surface area contributed by atoms with Gasteiger partial charge in [-0.25, -0.2) is 0 Å². The van der Waals surface area contributed by atoms with Crippen LogP contribution in [0.2, 0.25) is 0 Å². The number of amides is 1. The highest BCUT2D eigenvalue weighted by atomic mass is 16.5. The standard InChI is InChI=1S/C19H31N3O3/c1-4-18(2,3)21-17(23)19(6-8-20-9-7-19)12-15-11-16(22-25-15)14-5-10-24-13-14/h11,14,20H,4-10,12-13H2,1-3H3,(H,21,23). The molecule has 3 rings (SSSR count). The molecule has 2 aliphatic rings. The molecular weight excluding hydrogens is 318 g/mol. The number of piperidine rings is 1. The predicted molar refractivity (Wildman–Crippen MR) is 95.4 cm³/mol. The molecule has 2 N–H and O–H groups in total. The Morgan fingerprint density at radius 1 is 1.44 bits per heavy atom. The predicted octanol–water partition coefficient (Wildman–Crippen LogP) is 2.40. The first-order valence-electron chi connectivity index (χ1n) is 9.51. The molecule has 1 aromatic rings. The van der Waals surface area contributed by atoms with E-state index in [2.05, 4.69) is 36.6 Å². The minimum atomic E-state index is -0.416. The number of aromatic nitrogens is 1. The second-order valence-corrected chi connectivity index (χ2v) is 8.18. The van der Waals surface area contributed by atoms with Crippen LogP contribution in [0.1, 0.15) is 63.8 Å². The zero-order valence-corrected chi connectivity index (χ0v) is 15.7. The molecule has 2 saturated heterocycles. The average molecular weight is 349 g/mol. The van der Waals surface area contributed by atoms with Gasteiger partial charge in [0.15, 0.2) is 0 Å². The third-order valence-corrected chi connectivity index (χ3v) is 5.82. The first kappa shape index (κ1) is 18.4. The van der Waals surface area contributed by atoms with Gasteiger partial charge in [0, 0.05) is 30.6 Å². The summed E-state index contributed by atoms with van der Waals surface area (Å²) < 4.78 is 11.0. The van der Waals surface area contributed by atoms with Crippen LogP contribution in [-0.2, 0) is 16.0 Å². The highest BCUT2D eigenvalue weighted by Gasteiger charge is 2.42. The van der Waals surface area contributed by atoms with Crippen molar-refractivity contribution in [2.45, 2.75) is 64.3 Å². The van der Waals surface area contributed by atoms with E-state index < -0.39 is 5.41 Å². The van der Waals surface area contributed by atoms with Crippen LogP contribution in [0, 0.1) is 5.41 Å². The fourth-order valence-corrected chi connectivity index (χ4v) is 3.62. The second kappa shape index (κ2) is 7.46. The maximum atomic E-state index is 13.1. The van der Waals surface area contributed by atoms with Gasteiger partial charge in [-0.2, -0.15) is 0 Å². The largest absolute Gasteiger partial charge is 0.381 e. The van der Waals surface area contributed by atoms with Crippen molar-refractivity contribution in [3.05, 3.63) is 17.5 Å². The van der Waals surface area contributed by atoms with Crippen LogP contribution in [0.25, 0.3) is 0 Å².